The molecule has 0 unspecified atom stereocenters. The fraction of sp³-hybridized carbons (Fsp3) is 0.467. The zero-order chi connectivity index (χ0) is 15.4. The maximum absolute atomic E-state index is 13.8. The van der Waals surface area contributed by atoms with Crippen molar-refractivity contribution in [3.8, 4) is 0 Å². The third-order valence-electron chi connectivity index (χ3n) is 3.84. The van der Waals surface area contributed by atoms with Gasteiger partial charge >= 0.3 is 0 Å². The third kappa shape index (κ3) is 4.42. The van der Waals surface area contributed by atoms with Crippen LogP contribution in [-0.2, 0) is 9.59 Å². The largest absolute Gasteiger partial charge is 0.330 e. The summed E-state index contributed by atoms with van der Waals surface area (Å²) in [6.07, 6.45) is 2.68. The predicted octanol–water partition coefficient (Wildman–Crippen LogP) is 2.52. The minimum atomic E-state index is -0.528. The summed E-state index contributed by atoms with van der Waals surface area (Å²) in [5.74, 6) is -0.996. The van der Waals surface area contributed by atoms with Crippen molar-refractivity contribution >= 4 is 35.6 Å². The molecular weight excluding hydrogens is 309 g/mol. The molecule has 1 aromatic carbocycles. The van der Waals surface area contributed by atoms with Gasteiger partial charge in [-0.3, -0.25) is 9.59 Å². The van der Waals surface area contributed by atoms with Crippen LogP contribution in [0.3, 0.4) is 0 Å². The van der Waals surface area contributed by atoms with Crippen molar-refractivity contribution in [2.75, 3.05) is 17.2 Å². The summed E-state index contributed by atoms with van der Waals surface area (Å²) in [4.78, 5) is 23.3. The molecule has 0 aliphatic heterocycles. The van der Waals surface area contributed by atoms with Gasteiger partial charge in [-0.1, -0.05) is 6.42 Å². The van der Waals surface area contributed by atoms with Crippen LogP contribution in [0.25, 0.3) is 0 Å². The predicted molar refractivity (Wildman–Crippen MR) is 86.5 cm³/mol. The summed E-state index contributed by atoms with van der Waals surface area (Å²) >= 11 is 0. The van der Waals surface area contributed by atoms with Crippen LogP contribution in [0.15, 0.2) is 18.2 Å². The highest BCUT2D eigenvalue weighted by Gasteiger charge is 2.32. The highest BCUT2D eigenvalue weighted by molar-refractivity contribution is 5.94. The van der Waals surface area contributed by atoms with E-state index in [2.05, 4.69) is 10.6 Å². The number of anilines is 2. The maximum Gasteiger partial charge on any atom is 0.227 e. The minimum absolute atomic E-state index is 0. The molecule has 4 N–H and O–H groups in total. The first-order valence-electron chi connectivity index (χ1n) is 7.09. The molecule has 7 heteroatoms. The van der Waals surface area contributed by atoms with Crippen LogP contribution < -0.4 is 16.4 Å². The van der Waals surface area contributed by atoms with Crippen molar-refractivity contribution in [1.82, 2.24) is 0 Å². The second-order valence-corrected chi connectivity index (χ2v) is 5.40. The molecule has 0 heterocycles. The quantitative estimate of drug-likeness (QED) is 0.793. The van der Waals surface area contributed by atoms with E-state index in [1.54, 1.807) is 0 Å². The minimum Gasteiger partial charge on any atom is -0.330 e. The van der Waals surface area contributed by atoms with Crippen molar-refractivity contribution in [1.29, 1.82) is 0 Å². The lowest BCUT2D eigenvalue weighted by atomic mass is 9.95. The van der Waals surface area contributed by atoms with Gasteiger partial charge in [-0.25, -0.2) is 4.39 Å². The van der Waals surface area contributed by atoms with E-state index in [4.69, 9.17) is 5.73 Å². The lowest BCUT2D eigenvalue weighted by molar-refractivity contribution is -0.120. The Morgan fingerprint density at radius 1 is 1.32 bits per heavy atom. The van der Waals surface area contributed by atoms with Crippen LogP contribution in [0, 0.1) is 17.7 Å². The molecule has 2 amide bonds. The zero-order valence-electron chi connectivity index (χ0n) is 12.4. The number of hydrogen-bond donors (Lipinski definition) is 3. The molecule has 0 spiro atoms. The summed E-state index contributed by atoms with van der Waals surface area (Å²) < 4.78 is 13.8. The van der Waals surface area contributed by atoms with Crippen LogP contribution in [0.2, 0.25) is 0 Å². The van der Waals surface area contributed by atoms with E-state index in [9.17, 15) is 14.0 Å². The van der Waals surface area contributed by atoms with Gasteiger partial charge in [0.15, 0.2) is 0 Å². The van der Waals surface area contributed by atoms with Gasteiger partial charge in [0.1, 0.15) is 5.82 Å². The Kier molecular flexibility index (Phi) is 6.77. The van der Waals surface area contributed by atoms with Gasteiger partial charge in [0.05, 0.1) is 5.69 Å². The first-order valence-corrected chi connectivity index (χ1v) is 7.09. The van der Waals surface area contributed by atoms with Crippen LogP contribution in [0.4, 0.5) is 15.8 Å². The van der Waals surface area contributed by atoms with E-state index in [1.165, 1.54) is 25.1 Å². The van der Waals surface area contributed by atoms with Crippen LogP contribution >= 0.6 is 12.4 Å². The van der Waals surface area contributed by atoms with Crippen molar-refractivity contribution in [2.45, 2.75) is 26.2 Å². The van der Waals surface area contributed by atoms with Crippen LogP contribution in [0.5, 0.6) is 0 Å². The second kappa shape index (κ2) is 8.10. The third-order valence-corrected chi connectivity index (χ3v) is 3.84. The molecule has 0 aromatic heterocycles. The van der Waals surface area contributed by atoms with Gasteiger partial charge < -0.3 is 16.4 Å². The molecule has 1 aliphatic rings. The smallest absolute Gasteiger partial charge is 0.227 e. The lowest BCUT2D eigenvalue weighted by Gasteiger charge is -2.18. The molecule has 1 aliphatic carbocycles. The van der Waals surface area contributed by atoms with Crippen molar-refractivity contribution in [3.63, 3.8) is 0 Å². The normalized spacial score (nSPS) is 20.1. The number of nitrogens with one attached hydrogen (secondary N) is 2. The van der Waals surface area contributed by atoms with Crippen LogP contribution in [-0.4, -0.2) is 18.4 Å². The van der Waals surface area contributed by atoms with E-state index in [0.717, 1.165) is 19.3 Å². The molecule has 0 bridgehead atoms. The first kappa shape index (κ1) is 18.4. The Bertz CT molecular complexity index is 554. The summed E-state index contributed by atoms with van der Waals surface area (Å²) in [5, 5.41) is 5.17. The second-order valence-electron chi connectivity index (χ2n) is 5.40. The number of rotatable bonds is 4. The number of halogens is 2. The number of hydrogen-bond acceptors (Lipinski definition) is 3. The average molecular weight is 330 g/mol. The van der Waals surface area contributed by atoms with Gasteiger partial charge in [-0.05, 0) is 43.5 Å². The molecular formula is C15H21ClFN3O2. The number of benzene rings is 1. The van der Waals surface area contributed by atoms with Crippen molar-refractivity contribution < 1.29 is 14.0 Å². The van der Waals surface area contributed by atoms with Gasteiger partial charge in [0, 0.05) is 18.5 Å². The molecule has 0 radical (unpaired) electrons. The highest BCUT2D eigenvalue weighted by Crippen LogP contribution is 2.32. The van der Waals surface area contributed by atoms with E-state index < -0.39 is 5.82 Å². The zero-order valence-corrected chi connectivity index (χ0v) is 13.2. The number of carbonyl (C=O) groups excluding carboxylic acids is 2. The van der Waals surface area contributed by atoms with E-state index in [0.29, 0.717) is 12.2 Å². The Balaban J connectivity index is 0.00000242. The monoisotopic (exact) mass is 329 g/mol. The van der Waals surface area contributed by atoms with Crippen molar-refractivity contribution in [2.24, 2.45) is 17.6 Å². The lowest BCUT2D eigenvalue weighted by Crippen LogP contribution is -2.30. The number of amides is 2. The van der Waals surface area contributed by atoms with Gasteiger partial charge in [-0.2, -0.15) is 0 Å². The molecule has 5 nitrogen and oxygen atoms in total. The molecule has 0 saturated heterocycles. The average Bonchev–Trinajstić information content (AvgIpc) is 2.90. The van der Waals surface area contributed by atoms with Gasteiger partial charge in [0.25, 0.3) is 0 Å². The molecule has 22 heavy (non-hydrogen) atoms. The summed E-state index contributed by atoms with van der Waals surface area (Å²) in [6.45, 7) is 1.83. The summed E-state index contributed by atoms with van der Waals surface area (Å²) in [6, 6.07) is 4.08. The summed E-state index contributed by atoms with van der Waals surface area (Å²) in [7, 11) is 0. The Morgan fingerprint density at radius 2 is 2.05 bits per heavy atom. The molecule has 1 aromatic rings. The Morgan fingerprint density at radius 3 is 2.68 bits per heavy atom. The maximum atomic E-state index is 13.8. The van der Waals surface area contributed by atoms with E-state index in [1.807, 2.05) is 0 Å². The fourth-order valence-corrected chi connectivity index (χ4v) is 2.79. The van der Waals surface area contributed by atoms with Gasteiger partial charge in [0.2, 0.25) is 11.8 Å². The molecule has 1 fully saturated rings. The molecule has 2 rings (SSSR count). The topological polar surface area (TPSA) is 84.2 Å². The van der Waals surface area contributed by atoms with Crippen LogP contribution in [0.1, 0.15) is 26.2 Å². The van der Waals surface area contributed by atoms with E-state index in [-0.39, 0.29) is 41.7 Å². The number of nitrogens with two attached hydrogens (primary N) is 1. The number of carbonyl (C=O) groups is 2. The Labute approximate surface area is 135 Å². The Hall–Kier alpha value is -1.66. The van der Waals surface area contributed by atoms with Gasteiger partial charge in [-0.15, -0.1) is 12.4 Å². The first-order chi connectivity index (χ1) is 10.0. The summed E-state index contributed by atoms with van der Waals surface area (Å²) in [5.41, 5.74) is 6.19. The fourth-order valence-electron chi connectivity index (χ4n) is 2.79. The molecule has 2 atom stereocenters. The SMILES string of the molecule is CC(=O)Nc1ccc(F)c(NC(=O)[C@@H]2CCC[C@@H]2CN)c1.Cl. The standard InChI is InChI=1S/C15H20FN3O2.ClH/c1-9(20)18-11-5-6-13(16)14(7-11)19-15(21)12-4-2-3-10(12)8-17;/h5-7,10,12H,2-4,8,17H2,1H3,(H,18,20)(H,19,21);1H/t10-,12-;/m1./s1. The molecule has 122 valence electrons. The van der Waals surface area contributed by atoms with E-state index >= 15 is 0 Å². The highest BCUT2D eigenvalue weighted by atomic mass is 35.5. The molecule has 1 saturated carbocycles. The van der Waals surface area contributed by atoms with Crippen molar-refractivity contribution in [3.05, 3.63) is 24.0 Å².